The van der Waals surface area contributed by atoms with Gasteiger partial charge in [-0.25, -0.2) is 12.8 Å². The van der Waals surface area contributed by atoms with Gasteiger partial charge in [-0.3, -0.25) is 0 Å². The molecule has 1 aromatic rings. The summed E-state index contributed by atoms with van der Waals surface area (Å²) in [6, 6.07) is 3.32. The molecule has 0 fully saturated rings. The van der Waals surface area contributed by atoms with E-state index in [0.29, 0.717) is 6.42 Å². The third-order valence-corrected chi connectivity index (χ3v) is 5.59. The van der Waals surface area contributed by atoms with E-state index in [4.69, 9.17) is 11.6 Å². The minimum absolute atomic E-state index is 0.0510. The van der Waals surface area contributed by atoms with Gasteiger partial charge in [-0.15, -0.1) is 0 Å². The zero-order valence-electron chi connectivity index (χ0n) is 10.6. The maximum Gasteiger partial charge on any atom is 0.182 e. The molecule has 0 bridgehead atoms. The van der Waals surface area contributed by atoms with Gasteiger partial charge in [0.2, 0.25) is 0 Å². The van der Waals surface area contributed by atoms with Crippen molar-refractivity contribution < 1.29 is 12.8 Å². The second-order valence-electron chi connectivity index (χ2n) is 4.13. The molecule has 0 saturated carbocycles. The first-order valence-electron chi connectivity index (χ1n) is 5.70. The first-order valence-corrected chi connectivity index (χ1v) is 7.63. The lowest BCUT2D eigenvalue weighted by Gasteiger charge is -2.22. The van der Waals surface area contributed by atoms with E-state index in [1.165, 1.54) is 6.07 Å². The van der Waals surface area contributed by atoms with Gasteiger partial charge < -0.3 is 5.32 Å². The Morgan fingerprint density at radius 1 is 1.44 bits per heavy atom. The van der Waals surface area contributed by atoms with E-state index in [9.17, 15) is 12.8 Å². The second kappa shape index (κ2) is 5.99. The van der Waals surface area contributed by atoms with Crippen molar-refractivity contribution in [2.75, 3.05) is 7.05 Å². The van der Waals surface area contributed by atoms with Gasteiger partial charge >= 0.3 is 0 Å². The normalized spacial score (nSPS) is 15.4. The molecule has 1 N–H and O–H groups in total. The Kier molecular flexibility index (Phi) is 5.13. The van der Waals surface area contributed by atoms with Crippen molar-refractivity contribution in [1.29, 1.82) is 0 Å². The van der Waals surface area contributed by atoms with Gasteiger partial charge in [0.05, 0.1) is 15.2 Å². The van der Waals surface area contributed by atoms with Gasteiger partial charge in [0.15, 0.2) is 9.84 Å². The fraction of sp³-hybridized carbons (Fsp3) is 0.500. The Morgan fingerprint density at radius 2 is 2.06 bits per heavy atom. The van der Waals surface area contributed by atoms with Crippen LogP contribution in [0.5, 0.6) is 0 Å². The molecular formula is C12H17ClFNO2S. The minimum Gasteiger partial charge on any atom is -0.316 e. The van der Waals surface area contributed by atoms with Gasteiger partial charge in [-0.05, 0) is 38.6 Å². The van der Waals surface area contributed by atoms with E-state index in [1.807, 2.05) is 6.92 Å². The van der Waals surface area contributed by atoms with Crippen molar-refractivity contribution in [3.05, 3.63) is 29.0 Å². The quantitative estimate of drug-likeness (QED) is 0.849. The van der Waals surface area contributed by atoms with E-state index in [1.54, 1.807) is 14.0 Å². The monoisotopic (exact) mass is 293 g/mol. The number of rotatable bonds is 5. The highest BCUT2D eigenvalue weighted by atomic mass is 35.5. The summed E-state index contributed by atoms with van der Waals surface area (Å²) in [6.07, 6.45) is 0.686. The molecule has 2 atom stereocenters. The predicted molar refractivity (Wildman–Crippen MR) is 71.2 cm³/mol. The van der Waals surface area contributed by atoms with Crippen LogP contribution >= 0.6 is 11.6 Å². The molecule has 0 aromatic heterocycles. The smallest absolute Gasteiger partial charge is 0.182 e. The molecule has 6 heteroatoms. The fourth-order valence-electron chi connectivity index (χ4n) is 1.86. The molecule has 1 aromatic carbocycles. The fourth-order valence-corrected chi connectivity index (χ4v) is 3.83. The van der Waals surface area contributed by atoms with E-state index in [0.717, 1.165) is 12.1 Å². The SMILES string of the molecule is CCC(NC)C(C)S(=O)(=O)c1ccc(F)c(Cl)c1. The summed E-state index contributed by atoms with van der Waals surface area (Å²) in [5, 5.41) is 2.18. The summed E-state index contributed by atoms with van der Waals surface area (Å²) >= 11 is 5.62. The Hall–Kier alpha value is -0.650. The van der Waals surface area contributed by atoms with Gasteiger partial charge in [-0.1, -0.05) is 18.5 Å². The Morgan fingerprint density at radius 3 is 2.50 bits per heavy atom. The summed E-state index contributed by atoms with van der Waals surface area (Å²) in [5.41, 5.74) is 0. The predicted octanol–water partition coefficient (Wildman–Crippen LogP) is 2.64. The number of hydrogen-bond acceptors (Lipinski definition) is 3. The summed E-state index contributed by atoms with van der Waals surface area (Å²) < 4.78 is 37.7. The summed E-state index contributed by atoms with van der Waals surface area (Å²) in [7, 11) is -1.80. The molecule has 0 spiro atoms. The third kappa shape index (κ3) is 3.02. The average molecular weight is 294 g/mol. The van der Waals surface area contributed by atoms with Crippen LogP contribution in [-0.4, -0.2) is 26.8 Å². The van der Waals surface area contributed by atoms with Crippen LogP contribution in [0.25, 0.3) is 0 Å². The zero-order valence-corrected chi connectivity index (χ0v) is 12.1. The molecule has 0 aliphatic carbocycles. The highest BCUT2D eigenvalue weighted by Gasteiger charge is 2.29. The average Bonchev–Trinajstić information content (AvgIpc) is 2.33. The second-order valence-corrected chi connectivity index (χ2v) is 6.84. The summed E-state index contributed by atoms with van der Waals surface area (Å²) in [6.45, 7) is 3.54. The molecule has 0 aliphatic heterocycles. The van der Waals surface area contributed by atoms with Crippen molar-refractivity contribution in [2.45, 2.75) is 36.5 Å². The van der Waals surface area contributed by atoms with Crippen LogP contribution in [0.2, 0.25) is 5.02 Å². The van der Waals surface area contributed by atoms with Crippen molar-refractivity contribution in [3.63, 3.8) is 0 Å². The molecule has 0 radical (unpaired) electrons. The molecule has 1 rings (SSSR count). The zero-order chi connectivity index (χ0) is 13.9. The lowest BCUT2D eigenvalue weighted by Crippen LogP contribution is -2.40. The van der Waals surface area contributed by atoms with Gasteiger partial charge in [0.1, 0.15) is 5.82 Å². The van der Waals surface area contributed by atoms with Gasteiger partial charge in [-0.2, -0.15) is 0 Å². The van der Waals surface area contributed by atoms with Gasteiger partial charge in [0, 0.05) is 6.04 Å². The molecule has 0 amide bonds. The molecule has 2 unspecified atom stereocenters. The topological polar surface area (TPSA) is 46.2 Å². The van der Waals surface area contributed by atoms with E-state index in [-0.39, 0.29) is 16.0 Å². The number of benzene rings is 1. The first kappa shape index (κ1) is 15.4. The number of hydrogen-bond donors (Lipinski definition) is 1. The molecule has 0 saturated heterocycles. The Labute approximate surface area is 112 Å². The van der Waals surface area contributed by atoms with Crippen LogP contribution < -0.4 is 5.32 Å². The van der Waals surface area contributed by atoms with E-state index in [2.05, 4.69) is 5.32 Å². The van der Waals surface area contributed by atoms with Crippen LogP contribution in [0.15, 0.2) is 23.1 Å². The summed E-state index contributed by atoms with van der Waals surface area (Å²) in [5.74, 6) is -0.621. The number of sulfone groups is 1. The maximum absolute atomic E-state index is 13.0. The number of nitrogens with one attached hydrogen (secondary N) is 1. The van der Waals surface area contributed by atoms with Crippen molar-refractivity contribution in [3.8, 4) is 0 Å². The highest BCUT2D eigenvalue weighted by molar-refractivity contribution is 7.92. The third-order valence-electron chi connectivity index (χ3n) is 3.09. The van der Waals surface area contributed by atoms with Crippen molar-refractivity contribution in [2.24, 2.45) is 0 Å². The van der Waals surface area contributed by atoms with Crippen LogP contribution in [-0.2, 0) is 9.84 Å². The molecule has 3 nitrogen and oxygen atoms in total. The van der Waals surface area contributed by atoms with Crippen molar-refractivity contribution in [1.82, 2.24) is 5.32 Å². The first-order chi connectivity index (χ1) is 8.34. The van der Waals surface area contributed by atoms with Crippen molar-refractivity contribution >= 4 is 21.4 Å². The molecule has 0 aliphatic rings. The maximum atomic E-state index is 13.0. The van der Waals surface area contributed by atoms with Crippen LogP contribution in [0.4, 0.5) is 4.39 Å². The lowest BCUT2D eigenvalue weighted by molar-refractivity contribution is 0.505. The largest absolute Gasteiger partial charge is 0.316 e. The van der Waals surface area contributed by atoms with E-state index >= 15 is 0 Å². The molecule has 102 valence electrons. The van der Waals surface area contributed by atoms with Crippen LogP contribution in [0.1, 0.15) is 20.3 Å². The minimum atomic E-state index is -3.52. The number of halogens is 2. The molecule has 0 heterocycles. The summed E-state index contributed by atoms with van der Waals surface area (Å²) in [4.78, 5) is 0.0510. The Bertz CT molecular complexity index is 515. The molecule has 18 heavy (non-hydrogen) atoms. The standard InChI is InChI=1S/C12H17ClFNO2S/c1-4-12(15-3)8(2)18(16,17)9-5-6-11(14)10(13)7-9/h5-8,12,15H,4H2,1-3H3. The van der Waals surface area contributed by atoms with E-state index < -0.39 is 20.9 Å². The Balaban J connectivity index is 3.16. The van der Waals surface area contributed by atoms with Crippen LogP contribution in [0.3, 0.4) is 0 Å². The van der Waals surface area contributed by atoms with Crippen LogP contribution in [0, 0.1) is 5.82 Å². The molecular weight excluding hydrogens is 277 g/mol. The van der Waals surface area contributed by atoms with Gasteiger partial charge in [0.25, 0.3) is 0 Å². The highest BCUT2D eigenvalue weighted by Crippen LogP contribution is 2.24. The lowest BCUT2D eigenvalue weighted by atomic mass is 10.2.